The predicted molar refractivity (Wildman–Crippen MR) is 127 cm³/mol. The Bertz CT molecular complexity index is 722. The third-order valence-electron chi connectivity index (χ3n) is 9.03. The highest BCUT2D eigenvalue weighted by molar-refractivity contribution is 6.69. The molecule has 4 rings (SSSR count). The third-order valence-corrected chi connectivity index (χ3v) is 10.0. The van der Waals surface area contributed by atoms with Crippen LogP contribution in [-0.4, -0.2) is 48.5 Å². The van der Waals surface area contributed by atoms with E-state index in [4.69, 9.17) is 9.16 Å². The molecule has 4 nitrogen and oxygen atoms in total. The Morgan fingerprint density at radius 2 is 1.71 bits per heavy atom. The van der Waals surface area contributed by atoms with Crippen molar-refractivity contribution >= 4 is 8.32 Å². The molecule has 31 heavy (non-hydrogen) atoms. The molecule has 0 aromatic rings. The van der Waals surface area contributed by atoms with Crippen molar-refractivity contribution < 1.29 is 19.4 Å². The number of aliphatic hydroxyl groups is 2. The van der Waals surface area contributed by atoms with E-state index in [0.717, 1.165) is 12.8 Å². The lowest BCUT2D eigenvalue weighted by Crippen LogP contribution is -2.58. The van der Waals surface area contributed by atoms with Crippen LogP contribution >= 0.6 is 0 Å². The number of hydrogen-bond donors (Lipinski definition) is 2. The molecule has 0 saturated heterocycles. The Morgan fingerprint density at radius 1 is 1.03 bits per heavy atom. The Hall–Kier alpha value is -0.203. The minimum Gasteiger partial charge on any atom is -0.411 e. The molecular weight excluding hydrogens is 404 g/mol. The zero-order valence-corrected chi connectivity index (χ0v) is 22.1. The summed E-state index contributed by atoms with van der Waals surface area (Å²) in [4.78, 5) is 0. The van der Waals surface area contributed by atoms with Crippen molar-refractivity contribution in [2.75, 3.05) is 0 Å². The fourth-order valence-electron chi connectivity index (χ4n) is 7.89. The Labute approximate surface area is 190 Å². The quantitative estimate of drug-likeness (QED) is 0.453. The second-order valence-corrected chi connectivity index (χ2v) is 17.9. The summed E-state index contributed by atoms with van der Waals surface area (Å²) in [5.41, 5.74) is 1.30. The molecule has 4 aliphatic rings. The molecule has 4 aliphatic carbocycles. The first-order valence-electron chi connectivity index (χ1n) is 12.6. The smallest absolute Gasteiger partial charge is 0.184 e. The minimum absolute atomic E-state index is 0.0741. The summed E-state index contributed by atoms with van der Waals surface area (Å²) < 4.78 is 13.4. The van der Waals surface area contributed by atoms with Crippen molar-refractivity contribution in [2.45, 2.75) is 123 Å². The molecule has 178 valence electrons. The van der Waals surface area contributed by atoms with Crippen molar-refractivity contribution in [3.05, 3.63) is 11.6 Å². The van der Waals surface area contributed by atoms with Gasteiger partial charge < -0.3 is 19.4 Å². The number of rotatable bonds is 3. The van der Waals surface area contributed by atoms with Crippen LogP contribution < -0.4 is 0 Å². The first kappa shape index (κ1) is 23.9. The molecule has 2 N–H and O–H groups in total. The van der Waals surface area contributed by atoms with Crippen LogP contribution in [0.2, 0.25) is 19.6 Å². The van der Waals surface area contributed by atoms with E-state index >= 15 is 0 Å². The normalized spacial score (nSPS) is 47.9. The zero-order chi connectivity index (χ0) is 23.0. The van der Waals surface area contributed by atoms with Crippen molar-refractivity contribution in [2.24, 2.45) is 28.6 Å². The van der Waals surface area contributed by atoms with E-state index in [1.807, 2.05) is 6.08 Å². The van der Waals surface area contributed by atoms with Crippen molar-refractivity contribution in [1.82, 2.24) is 0 Å². The first-order chi connectivity index (χ1) is 14.1. The summed E-state index contributed by atoms with van der Waals surface area (Å²) in [6.07, 6.45) is 7.40. The van der Waals surface area contributed by atoms with Gasteiger partial charge >= 0.3 is 0 Å². The zero-order valence-electron chi connectivity index (χ0n) is 21.1. The molecule has 5 heteroatoms. The van der Waals surface area contributed by atoms with Gasteiger partial charge in [0.05, 0.1) is 30.0 Å². The molecular formula is C26H46O4Si. The van der Waals surface area contributed by atoms with Gasteiger partial charge in [0.2, 0.25) is 0 Å². The van der Waals surface area contributed by atoms with E-state index < -0.39 is 20.5 Å². The van der Waals surface area contributed by atoms with Crippen LogP contribution in [0.3, 0.4) is 0 Å². The SMILES string of the molecule is CC(C)(C)O[C@H]1CC[C@H]2[C@@H]3C[C@@H](O[Si](C)(C)C)C4=C[C@@H](O)[C@H](O)C[C@]4(C)[C@H]3CC[C@]12C. The molecule has 0 spiro atoms. The van der Waals surface area contributed by atoms with Crippen molar-refractivity contribution in [3.63, 3.8) is 0 Å². The molecule has 0 heterocycles. The van der Waals surface area contributed by atoms with Crippen LogP contribution in [0.15, 0.2) is 11.6 Å². The maximum atomic E-state index is 10.7. The van der Waals surface area contributed by atoms with Crippen molar-refractivity contribution in [3.8, 4) is 0 Å². The van der Waals surface area contributed by atoms with Gasteiger partial charge in [-0.25, -0.2) is 0 Å². The molecule has 0 radical (unpaired) electrons. The number of ether oxygens (including phenoxy) is 1. The van der Waals surface area contributed by atoms with Crippen LogP contribution in [0.4, 0.5) is 0 Å². The molecule has 0 unspecified atom stereocenters. The lowest BCUT2D eigenvalue weighted by Gasteiger charge is -2.61. The summed E-state index contributed by atoms with van der Waals surface area (Å²) >= 11 is 0. The monoisotopic (exact) mass is 450 g/mol. The van der Waals surface area contributed by atoms with Crippen LogP contribution in [0.1, 0.15) is 73.1 Å². The summed E-state index contributed by atoms with van der Waals surface area (Å²) in [6.45, 7) is 18.2. The molecule has 3 fully saturated rings. The van der Waals surface area contributed by atoms with Gasteiger partial charge in [0.15, 0.2) is 8.32 Å². The Morgan fingerprint density at radius 3 is 2.32 bits per heavy atom. The van der Waals surface area contributed by atoms with E-state index in [1.165, 1.54) is 24.8 Å². The average molecular weight is 451 g/mol. The third kappa shape index (κ3) is 4.23. The molecule has 0 aliphatic heterocycles. The van der Waals surface area contributed by atoms with E-state index in [0.29, 0.717) is 30.3 Å². The van der Waals surface area contributed by atoms with Crippen molar-refractivity contribution in [1.29, 1.82) is 0 Å². The molecule has 3 saturated carbocycles. The summed E-state index contributed by atoms with van der Waals surface area (Å²) in [7, 11) is -1.76. The van der Waals surface area contributed by atoms with Gasteiger partial charge in [-0.2, -0.15) is 0 Å². The lowest BCUT2D eigenvalue weighted by atomic mass is 9.46. The van der Waals surface area contributed by atoms with E-state index in [9.17, 15) is 10.2 Å². The molecule has 0 amide bonds. The minimum atomic E-state index is -1.76. The number of hydrogen-bond acceptors (Lipinski definition) is 4. The Kier molecular flexibility index (Phi) is 5.91. The summed E-state index contributed by atoms with van der Waals surface area (Å²) in [6, 6.07) is 0. The highest BCUT2D eigenvalue weighted by Crippen LogP contribution is 2.66. The lowest BCUT2D eigenvalue weighted by molar-refractivity contribution is -0.148. The average Bonchev–Trinajstić information content (AvgIpc) is 2.91. The van der Waals surface area contributed by atoms with E-state index in [1.54, 1.807) is 0 Å². The van der Waals surface area contributed by atoms with E-state index in [2.05, 4.69) is 54.3 Å². The molecule has 0 aromatic heterocycles. The van der Waals surface area contributed by atoms with Gasteiger partial charge in [0.1, 0.15) is 0 Å². The van der Waals surface area contributed by atoms with Gasteiger partial charge in [-0.3, -0.25) is 0 Å². The Balaban J connectivity index is 1.69. The molecule has 0 bridgehead atoms. The fraction of sp³-hybridized carbons (Fsp3) is 0.923. The second-order valence-electron chi connectivity index (χ2n) is 13.5. The van der Waals surface area contributed by atoms with Crippen LogP contribution in [0.5, 0.6) is 0 Å². The van der Waals surface area contributed by atoms with Gasteiger partial charge in [-0.15, -0.1) is 0 Å². The van der Waals surface area contributed by atoms with Crippen LogP contribution in [-0.2, 0) is 9.16 Å². The highest BCUT2D eigenvalue weighted by atomic mass is 28.4. The summed E-state index contributed by atoms with van der Waals surface area (Å²) in [5, 5.41) is 21.1. The van der Waals surface area contributed by atoms with Gasteiger partial charge in [-0.05, 0) is 113 Å². The number of aliphatic hydroxyl groups excluding tert-OH is 2. The second kappa shape index (κ2) is 7.66. The number of fused-ring (bicyclic) bond motifs is 5. The largest absolute Gasteiger partial charge is 0.411 e. The fourth-order valence-corrected chi connectivity index (χ4v) is 8.97. The van der Waals surface area contributed by atoms with Gasteiger partial charge in [-0.1, -0.05) is 19.9 Å². The van der Waals surface area contributed by atoms with Crippen LogP contribution in [0, 0.1) is 28.6 Å². The molecule has 0 aromatic carbocycles. The topological polar surface area (TPSA) is 58.9 Å². The first-order valence-corrected chi connectivity index (χ1v) is 16.0. The standard InChI is InChI=1S/C26H46O4Si/c1-24(2,3)29-23-10-9-17-16-13-22(30-31(6,7)8)19-14-20(27)21(28)15-26(19,5)18(16)11-12-25(17,23)4/h14,16-18,20-23,27-28H,9-13,15H2,1-8H3/t16-,17-,18-,20+,21+,22+,23-,25-,26+/m0/s1. The van der Waals surface area contributed by atoms with Gasteiger partial charge in [0.25, 0.3) is 0 Å². The summed E-state index contributed by atoms with van der Waals surface area (Å²) in [5.74, 6) is 1.79. The maximum absolute atomic E-state index is 10.7. The predicted octanol–water partition coefficient (Wildman–Crippen LogP) is 5.29. The highest BCUT2D eigenvalue weighted by Gasteiger charge is 2.62. The molecule has 9 atom stereocenters. The van der Waals surface area contributed by atoms with E-state index in [-0.39, 0.29) is 22.5 Å². The van der Waals surface area contributed by atoms with Crippen LogP contribution in [0.25, 0.3) is 0 Å². The maximum Gasteiger partial charge on any atom is 0.184 e. The van der Waals surface area contributed by atoms with Gasteiger partial charge in [0, 0.05) is 0 Å².